The van der Waals surface area contributed by atoms with Crippen molar-refractivity contribution in [2.45, 2.75) is 45.3 Å². The molecule has 1 atom stereocenters. The number of rotatable bonds is 7. The van der Waals surface area contributed by atoms with Gasteiger partial charge in [-0.25, -0.2) is 4.79 Å². The molecule has 0 aliphatic heterocycles. The molecule has 2 N–H and O–H groups in total. The highest BCUT2D eigenvalue weighted by atomic mass is 16.5. The normalized spacial score (nSPS) is 14.7. The molecule has 0 spiro atoms. The number of hydrogen-bond acceptors (Lipinski definition) is 4. The number of carbonyl (C=O) groups is 1. The van der Waals surface area contributed by atoms with Crippen LogP contribution in [0.15, 0.2) is 30.3 Å². The van der Waals surface area contributed by atoms with Crippen LogP contribution in [0.4, 0.5) is 0 Å². The fraction of sp³-hybridized carbons (Fsp3) is 0.562. The molecule has 0 bridgehead atoms. The van der Waals surface area contributed by atoms with Crippen molar-refractivity contribution in [3.8, 4) is 0 Å². The van der Waals surface area contributed by atoms with Crippen LogP contribution in [0.2, 0.25) is 0 Å². The number of carbonyl (C=O) groups excluding carboxylic acids is 1. The summed E-state index contributed by atoms with van der Waals surface area (Å²) in [4.78, 5) is 12.2. The molecule has 20 heavy (non-hydrogen) atoms. The van der Waals surface area contributed by atoms with E-state index in [1.54, 1.807) is 6.92 Å². The van der Waals surface area contributed by atoms with Gasteiger partial charge in [-0.3, -0.25) is 0 Å². The van der Waals surface area contributed by atoms with Crippen molar-refractivity contribution in [3.63, 3.8) is 0 Å². The molecular formula is C16H25NO3. The number of hydrogen-bond donors (Lipinski definition) is 1. The Kier molecular flexibility index (Phi) is 5.72. The van der Waals surface area contributed by atoms with Gasteiger partial charge in [0.05, 0.1) is 18.8 Å². The molecule has 0 aliphatic rings. The van der Waals surface area contributed by atoms with Gasteiger partial charge in [-0.15, -0.1) is 0 Å². The van der Waals surface area contributed by atoms with Gasteiger partial charge in [-0.1, -0.05) is 37.3 Å². The molecule has 0 aromatic heterocycles. The minimum Gasteiger partial charge on any atom is -0.464 e. The summed E-state index contributed by atoms with van der Waals surface area (Å²) in [6.07, 6.45) is 0.834. The van der Waals surface area contributed by atoms with E-state index in [4.69, 9.17) is 15.2 Å². The third-order valence-electron chi connectivity index (χ3n) is 3.47. The standard InChI is InChI=1S/C16H25NO3/c1-5-15(3,4)20-12-16(17,14(18)19-6-2)13-10-8-7-9-11-13/h7-11H,5-6,12,17H2,1-4H3. The Morgan fingerprint density at radius 1 is 1.20 bits per heavy atom. The molecule has 0 saturated carbocycles. The zero-order chi connectivity index (χ0) is 15.2. The summed E-state index contributed by atoms with van der Waals surface area (Å²) in [5.74, 6) is -0.460. The van der Waals surface area contributed by atoms with Gasteiger partial charge in [0.25, 0.3) is 0 Å². The van der Waals surface area contributed by atoms with Gasteiger partial charge in [-0.05, 0) is 32.8 Å². The Hall–Kier alpha value is -1.39. The lowest BCUT2D eigenvalue weighted by Gasteiger charge is -2.32. The molecule has 4 nitrogen and oxygen atoms in total. The first-order valence-electron chi connectivity index (χ1n) is 7.01. The van der Waals surface area contributed by atoms with Crippen LogP contribution in [0.1, 0.15) is 39.7 Å². The van der Waals surface area contributed by atoms with Crippen LogP contribution in [-0.4, -0.2) is 24.8 Å². The molecule has 4 heteroatoms. The Morgan fingerprint density at radius 2 is 1.80 bits per heavy atom. The lowest BCUT2D eigenvalue weighted by molar-refractivity contribution is -0.155. The van der Waals surface area contributed by atoms with E-state index in [1.165, 1.54) is 0 Å². The van der Waals surface area contributed by atoms with Gasteiger partial charge in [0.2, 0.25) is 0 Å². The number of ether oxygens (including phenoxy) is 2. The molecular weight excluding hydrogens is 254 g/mol. The van der Waals surface area contributed by atoms with E-state index >= 15 is 0 Å². The Bertz CT molecular complexity index is 431. The van der Waals surface area contributed by atoms with Crippen LogP contribution in [0.5, 0.6) is 0 Å². The molecule has 0 saturated heterocycles. The summed E-state index contributed by atoms with van der Waals surface area (Å²) >= 11 is 0. The summed E-state index contributed by atoms with van der Waals surface area (Å²) < 4.78 is 11.0. The average Bonchev–Trinajstić information content (AvgIpc) is 2.46. The molecule has 0 fully saturated rings. The van der Waals surface area contributed by atoms with Crippen molar-refractivity contribution in [3.05, 3.63) is 35.9 Å². The van der Waals surface area contributed by atoms with Crippen LogP contribution in [0.3, 0.4) is 0 Å². The second-order valence-electron chi connectivity index (χ2n) is 5.46. The third kappa shape index (κ3) is 4.05. The molecule has 1 aromatic carbocycles. The van der Waals surface area contributed by atoms with Crippen molar-refractivity contribution < 1.29 is 14.3 Å². The first-order valence-corrected chi connectivity index (χ1v) is 7.01. The van der Waals surface area contributed by atoms with Crippen LogP contribution < -0.4 is 5.73 Å². The highest BCUT2D eigenvalue weighted by molar-refractivity contribution is 5.82. The maximum absolute atomic E-state index is 12.2. The summed E-state index contributed by atoms with van der Waals surface area (Å²) in [6.45, 7) is 8.14. The Labute approximate surface area is 121 Å². The molecule has 0 heterocycles. The van der Waals surface area contributed by atoms with Gasteiger partial charge in [0, 0.05) is 0 Å². The van der Waals surface area contributed by atoms with E-state index in [-0.39, 0.29) is 12.2 Å². The van der Waals surface area contributed by atoms with E-state index in [9.17, 15) is 4.79 Å². The van der Waals surface area contributed by atoms with Gasteiger partial charge in [0.1, 0.15) is 0 Å². The summed E-state index contributed by atoms with van der Waals surface area (Å²) in [6, 6.07) is 9.21. The minimum absolute atomic E-state index is 0.0939. The number of benzene rings is 1. The highest BCUT2D eigenvalue weighted by Gasteiger charge is 2.39. The largest absolute Gasteiger partial charge is 0.464 e. The quantitative estimate of drug-likeness (QED) is 0.779. The number of nitrogens with two attached hydrogens (primary N) is 1. The SMILES string of the molecule is CCOC(=O)C(N)(COC(C)(C)CC)c1ccccc1. The Morgan fingerprint density at radius 3 is 2.30 bits per heavy atom. The molecule has 0 radical (unpaired) electrons. The van der Waals surface area contributed by atoms with Crippen LogP contribution in [0.25, 0.3) is 0 Å². The highest BCUT2D eigenvalue weighted by Crippen LogP contribution is 2.24. The maximum Gasteiger partial charge on any atom is 0.333 e. The second kappa shape index (κ2) is 6.86. The average molecular weight is 279 g/mol. The maximum atomic E-state index is 12.2. The Balaban J connectivity index is 2.99. The molecule has 0 aliphatic carbocycles. The molecule has 1 aromatic rings. The fourth-order valence-electron chi connectivity index (χ4n) is 1.67. The zero-order valence-corrected chi connectivity index (χ0v) is 12.8. The fourth-order valence-corrected chi connectivity index (χ4v) is 1.67. The van der Waals surface area contributed by atoms with Crippen LogP contribution >= 0.6 is 0 Å². The van der Waals surface area contributed by atoms with E-state index in [0.717, 1.165) is 6.42 Å². The van der Waals surface area contributed by atoms with Crippen molar-refractivity contribution in [1.29, 1.82) is 0 Å². The molecule has 0 amide bonds. The summed E-state index contributed by atoms with van der Waals surface area (Å²) in [5.41, 5.74) is 5.41. The second-order valence-corrected chi connectivity index (χ2v) is 5.46. The zero-order valence-electron chi connectivity index (χ0n) is 12.8. The van der Waals surface area contributed by atoms with Crippen LogP contribution in [0, 0.1) is 0 Å². The van der Waals surface area contributed by atoms with Crippen LogP contribution in [-0.2, 0) is 19.8 Å². The van der Waals surface area contributed by atoms with E-state index in [1.807, 2.05) is 51.1 Å². The monoisotopic (exact) mass is 279 g/mol. The van der Waals surface area contributed by atoms with E-state index < -0.39 is 11.5 Å². The first kappa shape index (κ1) is 16.7. The topological polar surface area (TPSA) is 61.5 Å². The molecule has 112 valence electrons. The minimum atomic E-state index is -1.27. The molecule has 1 rings (SSSR count). The van der Waals surface area contributed by atoms with E-state index in [0.29, 0.717) is 12.2 Å². The van der Waals surface area contributed by atoms with Gasteiger partial charge in [-0.2, -0.15) is 0 Å². The van der Waals surface area contributed by atoms with Crippen molar-refractivity contribution >= 4 is 5.97 Å². The van der Waals surface area contributed by atoms with Crippen molar-refractivity contribution in [2.75, 3.05) is 13.2 Å². The lowest BCUT2D eigenvalue weighted by atomic mass is 9.91. The summed E-state index contributed by atoms with van der Waals surface area (Å²) in [7, 11) is 0. The lowest BCUT2D eigenvalue weighted by Crippen LogP contribution is -2.51. The smallest absolute Gasteiger partial charge is 0.333 e. The third-order valence-corrected chi connectivity index (χ3v) is 3.47. The predicted molar refractivity (Wildman–Crippen MR) is 79.3 cm³/mol. The first-order chi connectivity index (χ1) is 9.35. The van der Waals surface area contributed by atoms with Gasteiger partial charge in [0.15, 0.2) is 5.54 Å². The van der Waals surface area contributed by atoms with E-state index in [2.05, 4.69) is 0 Å². The summed E-state index contributed by atoms with van der Waals surface area (Å²) in [5, 5.41) is 0. The van der Waals surface area contributed by atoms with Crippen molar-refractivity contribution in [1.82, 2.24) is 0 Å². The number of esters is 1. The van der Waals surface area contributed by atoms with Crippen molar-refractivity contribution in [2.24, 2.45) is 5.73 Å². The predicted octanol–water partition coefficient (Wildman–Crippen LogP) is 2.61. The van der Waals surface area contributed by atoms with Gasteiger partial charge < -0.3 is 15.2 Å². The van der Waals surface area contributed by atoms with Gasteiger partial charge >= 0.3 is 5.97 Å². The molecule has 1 unspecified atom stereocenters.